The number of benzene rings is 1. The molecule has 0 aliphatic carbocycles. The van der Waals surface area contributed by atoms with Gasteiger partial charge in [-0.3, -0.25) is 5.41 Å². The summed E-state index contributed by atoms with van der Waals surface area (Å²) in [4.78, 5) is 12.2. The van der Waals surface area contributed by atoms with E-state index in [4.69, 9.17) is 31.1 Å². The summed E-state index contributed by atoms with van der Waals surface area (Å²) >= 11 is 0. The molecule has 5 N–H and O–H groups in total. The number of carbonyl (C=O) groups is 1. The summed E-state index contributed by atoms with van der Waals surface area (Å²) in [5.74, 6) is 0.347. The highest BCUT2D eigenvalue weighted by atomic mass is 16.5. The average molecular weight is 268 g/mol. The molecule has 0 saturated heterocycles. The van der Waals surface area contributed by atoms with Crippen LogP contribution < -0.4 is 30.6 Å². The Balaban J connectivity index is 3.51. The third kappa shape index (κ3) is 2.62. The zero-order valence-corrected chi connectivity index (χ0v) is 10.9. The highest BCUT2D eigenvalue weighted by Crippen LogP contribution is 2.44. The van der Waals surface area contributed by atoms with Crippen LogP contribution in [0.15, 0.2) is 12.1 Å². The molecule has 0 bridgehead atoms. The van der Waals surface area contributed by atoms with Gasteiger partial charge in [0.25, 0.3) is 0 Å². The molecule has 0 heterocycles. The van der Waals surface area contributed by atoms with Gasteiger partial charge in [0.15, 0.2) is 11.5 Å². The minimum atomic E-state index is -0.905. The quantitative estimate of drug-likeness (QED) is 0.541. The Kier molecular flexibility index (Phi) is 4.41. The van der Waals surface area contributed by atoms with Gasteiger partial charge < -0.3 is 25.7 Å². The number of primary amides is 1. The van der Waals surface area contributed by atoms with Gasteiger partial charge in [-0.1, -0.05) is 0 Å². The summed E-state index contributed by atoms with van der Waals surface area (Å²) in [5.41, 5.74) is 10.7. The third-order valence-electron chi connectivity index (χ3n) is 2.39. The Bertz CT molecular complexity index is 490. The van der Waals surface area contributed by atoms with Crippen molar-refractivity contribution in [3.63, 3.8) is 0 Å². The second-order valence-electron chi connectivity index (χ2n) is 3.41. The maximum absolute atomic E-state index is 11.4. The smallest absolute Gasteiger partial charge is 0.326 e. The number of ether oxygens (including phenoxy) is 3. The number of hydrogen-bond acceptors (Lipinski definition) is 5. The SMILES string of the molecule is COc1ccc(N(C(=N)N)C(N)=O)c(OC)c1OC. The van der Waals surface area contributed by atoms with Crippen LogP contribution in [0.1, 0.15) is 0 Å². The van der Waals surface area contributed by atoms with Crippen LogP contribution in [0.4, 0.5) is 10.5 Å². The van der Waals surface area contributed by atoms with Gasteiger partial charge in [-0.2, -0.15) is 0 Å². The van der Waals surface area contributed by atoms with Crippen LogP contribution in [-0.2, 0) is 0 Å². The zero-order valence-electron chi connectivity index (χ0n) is 10.9. The molecule has 1 rings (SSSR count). The van der Waals surface area contributed by atoms with Gasteiger partial charge in [-0.05, 0) is 12.1 Å². The second-order valence-corrected chi connectivity index (χ2v) is 3.41. The van der Waals surface area contributed by atoms with E-state index in [1.54, 1.807) is 6.07 Å². The van der Waals surface area contributed by atoms with Gasteiger partial charge in [0.2, 0.25) is 11.7 Å². The molecule has 8 nitrogen and oxygen atoms in total. The second kappa shape index (κ2) is 5.80. The average Bonchev–Trinajstić information content (AvgIpc) is 2.36. The van der Waals surface area contributed by atoms with Crippen molar-refractivity contribution in [2.45, 2.75) is 0 Å². The van der Waals surface area contributed by atoms with Crippen LogP contribution in [0.2, 0.25) is 0 Å². The van der Waals surface area contributed by atoms with Crippen molar-refractivity contribution >= 4 is 17.7 Å². The topological polar surface area (TPSA) is 124 Å². The molecule has 0 unspecified atom stereocenters. The van der Waals surface area contributed by atoms with E-state index in [0.717, 1.165) is 4.90 Å². The molecule has 0 fully saturated rings. The summed E-state index contributed by atoms with van der Waals surface area (Å²) in [5, 5.41) is 7.39. The minimum absolute atomic E-state index is 0.191. The molecule has 1 aromatic rings. The van der Waals surface area contributed by atoms with Crippen LogP contribution in [0, 0.1) is 5.41 Å². The standard InChI is InChI=1S/C11H16N4O4/c1-17-7-5-4-6(8(18-2)9(7)19-3)15(10(12)13)11(14)16/h4-5H,1-3H3,(H3,12,13)(H2,14,16). The van der Waals surface area contributed by atoms with Crippen LogP contribution in [0.5, 0.6) is 17.2 Å². The first kappa shape index (κ1) is 14.4. The fourth-order valence-corrected chi connectivity index (χ4v) is 1.63. The lowest BCUT2D eigenvalue weighted by Crippen LogP contribution is -2.44. The summed E-state index contributed by atoms with van der Waals surface area (Å²) in [6.45, 7) is 0. The molecule has 104 valence electrons. The van der Waals surface area contributed by atoms with Crippen molar-refractivity contribution in [1.82, 2.24) is 0 Å². The van der Waals surface area contributed by atoms with E-state index in [-0.39, 0.29) is 17.2 Å². The molecule has 0 aliphatic rings. The molecule has 0 radical (unpaired) electrons. The van der Waals surface area contributed by atoms with Crippen molar-refractivity contribution in [2.24, 2.45) is 11.5 Å². The number of anilines is 1. The molecule has 1 aromatic carbocycles. The predicted molar refractivity (Wildman–Crippen MR) is 70.1 cm³/mol. The molecule has 8 heteroatoms. The number of urea groups is 1. The first-order valence-electron chi connectivity index (χ1n) is 5.20. The summed E-state index contributed by atoms with van der Waals surface area (Å²) in [6.07, 6.45) is 0. The Hall–Kier alpha value is -2.64. The number of guanidine groups is 1. The monoisotopic (exact) mass is 268 g/mol. The fourth-order valence-electron chi connectivity index (χ4n) is 1.63. The van der Waals surface area contributed by atoms with Crippen LogP contribution in [0.3, 0.4) is 0 Å². The van der Waals surface area contributed by atoms with Gasteiger partial charge in [0.1, 0.15) is 0 Å². The van der Waals surface area contributed by atoms with Crippen LogP contribution in [0.25, 0.3) is 0 Å². The van der Waals surface area contributed by atoms with Crippen molar-refractivity contribution in [2.75, 3.05) is 26.2 Å². The molecule has 19 heavy (non-hydrogen) atoms. The van der Waals surface area contributed by atoms with Crippen molar-refractivity contribution in [3.8, 4) is 17.2 Å². The van der Waals surface area contributed by atoms with E-state index < -0.39 is 12.0 Å². The van der Waals surface area contributed by atoms with Crippen molar-refractivity contribution in [3.05, 3.63) is 12.1 Å². The molecule has 0 saturated carbocycles. The van der Waals surface area contributed by atoms with E-state index in [2.05, 4.69) is 0 Å². The van der Waals surface area contributed by atoms with Crippen molar-refractivity contribution in [1.29, 1.82) is 5.41 Å². The lowest BCUT2D eigenvalue weighted by Gasteiger charge is -2.22. The molecule has 0 atom stereocenters. The summed E-state index contributed by atoms with van der Waals surface area (Å²) < 4.78 is 15.5. The van der Waals surface area contributed by atoms with Gasteiger partial charge in [-0.25, -0.2) is 9.69 Å². The van der Waals surface area contributed by atoms with E-state index in [0.29, 0.717) is 5.75 Å². The third-order valence-corrected chi connectivity index (χ3v) is 2.39. The van der Waals surface area contributed by atoms with Gasteiger partial charge in [0, 0.05) is 0 Å². The maximum atomic E-state index is 11.4. The predicted octanol–water partition coefficient (Wildman–Crippen LogP) is 0.491. The first-order chi connectivity index (χ1) is 8.97. The van der Waals surface area contributed by atoms with E-state index in [9.17, 15) is 4.79 Å². The number of carbonyl (C=O) groups excluding carboxylic acids is 1. The van der Waals surface area contributed by atoms with E-state index >= 15 is 0 Å². The van der Waals surface area contributed by atoms with Crippen molar-refractivity contribution < 1.29 is 19.0 Å². The first-order valence-corrected chi connectivity index (χ1v) is 5.20. The molecule has 2 amide bonds. The van der Waals surface area contributed by atoms with Gasteiger partial charge in [0.05, 0.1) is 27.0 Å². The Morgan fingerprint density at radius 3 is 2.05 bits per heavy atom. The highest BCUT2D eigenvalue weighted by molar-refractivity contribution is 6.14. The summed E-state index contributed by atoms with van der Waals surface area (Å²) in [6, 6.07) is 2.14. The molecule has 0 aliphatic heterocycles. The van der Waals surface area contributed by atoms with E-state index in [1.165, 1.54) is 27.4 Å². The fraction of sp³-hybridized carbons (Fsp3) is 0.273. The van der Waals surface area contributed by atoms with Crippen LogP contribution >= 0.6 is 0 Å². The Morgan fingerprint density at radius 1 is 1.11 bits per heavy atom. The largest absolute Gasteiger partial charge is 0.493 e. The minimum Gasteiger partial charge on any atom is -0.493 e. The van der Waals surface area contributed by atoms with Crippen LogP contribution in [-0.4, -0.2) is 33.3 Å². The van der Waals surface area contributed by atoms with E-state index in [1.807, 2.05) is 0 Å². The highest BCUT2D eigenvalue weighted by Gasteiger charge is 2.24. The van der Waals surface area contributed by atoms with Gasteiger partial charge in [-0.15, -0.1) is 0 Å². The Morgan fingerprint density at radius 2 is 1.68 bits per heavy atom. The normalized spacial score (nSPS) is 9.63. The molecule has 0 aromatic heterocycles. The number of nitrogens with two attached hydrogens (primary N) is 2. The lowest BCUT2D eigenvalue weighted by molar-refractivity contribution is 0.256. The summed E-state index contributed by atoms with van der Waals surface area (Å²) in [7, 11) is 4.28. The van der Waals surface area contributed by atoms with Gasteiger partial charge >= 0.3 is 6.03 Å². The number of amides is 2. The number of rotatable bonds is 4. The number of methoxy groups -OCH3 is 3. The number of hydrogen-bond donors (Lipinski definition) is 3. The molecular formula is C11H16N4O4. The number of nitrogens with one attached hydrogen (secondary N) is 1. The Labute approximate surface area is 110 Å². The molecule has 0 spiro atoms. The number of nitrogens with zero attached hydrogens (tertiary/aromatic N) is 1. The molecular weight excluding hydrogens is 252 g/mol. The lowest BCUT2D eigenvalue weighted by atomic mass is 10.2. The maximum Gasteiger partial charge on any atom is 0.326 e. The zero-order chi connectivity index (χ0) is 14.6.